The van der Waals surface area contributed by atoms with Crippen LogP contribution in [0.25, 0.3) is 0 Å². The first kappa shape index (κ1) is 17.0. The molecule has 0 aromatic heterocycles. The lowest BCUT2D eigenvalue weighted by atomic mass is 10.1. The minimum atomic E-state index is 0.808. The molecule has 0 bridgehead atoms. The van der Waals surface area contributed by atoms with Crippen LogP contribution in [-0.4, -0.2) is 23.6 Å². The summed E-state index contributed by atoms with van der Waals surface area (Å²) in [4.78, 5) is 2.12. The minimum absolute atomic E-state index is 0.808. The number of nitrogens with one attached hydrogen (secondary N) is 1. The zero-order valence-corrected chi connectivity index (χ0v) is 13.9. The third kappa shape index (κ3) is 6.38. The van der Waals surface area contributed by atoms with Gasteiger partial charge in [-0.1, -0.05) is 45.2 Å². The Hall–Kier alpha value is -1.09. The molecule has 1 aromatic rings. The molecule has 0 fully saturated rings. The van der Waals surface area contributed by atoms with Gasteiger partial charge in [-0.25, -0.2) is 0 Å². The molecule has 3 heteroatoms. The zero-order valence-electron chi connectivity index (χ0n) is 13.1. The Kier molecular flexibility index (Phi) is 8.28. The second kappa shape index (κ2) is 9.76. The molecule has 0 saturated heterocycles. The maximum atomic E-state index is 5.43. The third-order valence-electron chi connectivity index (χ3n) is 3.47. The summed E-state index contributed by atoms with van der Waals surface area (Å²) < 4.78 is 0. The second-order valence-corrected chi connectivity index (χ2v) is 5.75. The van der Waals surface area contributed by atoms with Crippen LogP contribution in [0.2, 0.25) is 0 Å². The van der Waals surface area contributed by atoms with Crippen LogP contribution in [0, 0.1) is 0 Å². The third-order valence-corrected chi connectivity index (χ3v) is 3.88. The van der Waals surface area contributed by atoms with E-state index in [9.17, 15) is 0 Å². The van der Waals surface area contributed by atoms with Crippen LogP contribution in [0.4, 0.5) is 5.69 Å². The van der Waals surface area contributed by atoms with E-state index in [0.29, 0.717) is 0 Å². The predicted molar refractivity (Wildman–Crippen MR) is 93.4 cm³/mol. The highest BCUT2D eigenvalue weighted by Gasteiger charge is 2.04. The van der Waals surface area contributed by atoms with E-state index in [4.69, 9.17) is 12.2 Å². The number of aryl methyl sites for hydroxylation is 1. The molecule has 0 aliphatic heterocycles. The number of unbranched alkanes of at least 4 members (excludes halogenated alkanes) is 3. The molecule has 20 heavy (non-hydrogen) atoms. The maximum Gasteiger partial charge on any atom is 0.173 e. The van der Waals surface area contributed by atoms with Crippen molar-refractivity contribution in [3.8, 4) is 0 Å². The number of thiocarbonyl (C=S) groups is 1. The number of anilines is 1. The van der Waals surface area contributed by atoms with Crippen LogP contribution in [0.3, 0.4) is 0 Å². The molecular weight excluding hydrogens is 264 g/mol. The first-order valence-corrected chi connectivity index (χ1v) is 8.19. The smallest absolute Gasteiger partial charge is 0.173 e. The average Bonchev–Trinajstić information content (AvgIpc) is 2.46. The minimum Gasteiger partial charge on any atom is -0.352 e. The van der Waals surface area contributed by atoms with Gasteiger partial charge < -0.3 is 10.2 Å². The number of hydrogen-bond acceptors (Lipinski definition) is 1. The van der Waals surface area contributed by atoms with E-state index in [1.54, 1.807) is 0 Å². The van der Waals surface area contributed by atoms with Crippen molar-refractivity contribution in [2.24, 2.45) is 0 Å². The molecular formula is C17H28N2S. The van der Waals surface area contributed by atoms with Gasteiger partial charge in [0, 0.05) is 19.3 Å². The van der Waals surface area contributed by atoms with Crippen molar-refractivity contribution in [1.29, 1.82) is 0 Å². The Morgan fingerprint density at radius 1 is 1.05 bits per heavy atom. The maximum absolute atomic E-state index is 5.43. The van der Waals surface area contributed by atoms with Crippen molar-refractivity contribution < 1.29 is 0 Å². The van der Waals surface area contributed by atoms with Crippen molar-refractivity contribution in [1.82, 2.24) is 4.90 Å². The van der Waals surface area contributed by atoms with Gasteiger partial charge in [-0.05, 0) is 49.2 Å². The van der Waals surface area contributed by atoms with Gasteiger partial charge in [-0.3, -0.25) is 0 Å². The number of hydrogen-bond donors (Lipinski definition) is 1. The second-order valence-electron chi connectivity index (χ2n) is 5.36. The molecule has 0 spiro atoms. The van der Waals surface area contributed by atoms with Gasteiger partial charge in [-0.15, -0.1) is 0 Å². The Morgan fingerprint density at radius 2 is 1.70 bits per heavy atom. The molecule has 0 atom stereocenters. The molecule has 0 amide bonds. The summed E-state index contributed by atoms with van der Waals surface area (Å²) in [5, 5.41) is 4.12. The summed E-state index contributed by atoms with van der Waals surface area (Å²) in [5.41, 5.74) is 2.48. The van der Waals surface area contributed by atoms with E-state index in [1.165, 1.54) is 37.7 Å². The SMILES string of the molecule is CCCCCN(C)C(=S)Nc1ccc(CCCC)cc1. The molecule has 0 unspecified atom stereocenters. The Morgan fingerprint density at radius 3 is 2.30 bits per heavy atom. The Bertz CT molecular complexity index is 386. The molecule has 0 saturated carbocycles. The van der Waals surface area contributed by atoms with Crippen LogP contribution < -0.4 is 5.32 Å². The molecule has 0 radical (unpaired) electrons. The van der Waals surface area contributed by atoms with Gasteiger partial charge in [0.25, 0.3) is 0 Å². The Labute approximate surface area is 129 Å². The quantitative estimate of drug-likeness (QED) is 0.545. The van der Waals surface area contributed by atoms with E-state index < -0.39 is 0 Å². The van der Waals surface area contributed by atoms with Crippen LogP contribution in [0.5, 0.6) is 0 Å². The molecule has 1 aromatic carbocycles. The first-order valence-electron chi connectivity index (χ1n) is 7.78. The number of rotatable bonds is 8. The highest BCUT2D eigenvalue weighted by Crippen LogP contribution is 2.12. The molecule has 112 valence electrons. The van der Waals surface area contributed by atoms with E-state index in [-0.39, 0.29) is 0 Å². The monoisotopic (exact) mass is 292 g/mol. The van der Waals surface area contributed by atoms with Crippen molar-refractivity contribution in [3.05, 3.63) is 29.8 Å². The molecule has 0 aliphatic rings. The van der Waals surface area contributed by atoms with Crippen LogP contribution >= 0.6 is 12.2 Å². The lowest BCUT2D eigenvalue weighted by Crippen LogP contribution is -2.31. The average molecular weight is 292 g/mol. The van der Waals surface area contributed by atoms with Gasteiger partial charge in [-0.2, -0.15) is 0 Å². The van der Waals surface area contributed by atoms with Crippen LogP contribution in [0.1, 0.15) is 51.5 Å². The van der Waals surface area contributed by atoms with Crippen LogP contribution in [0.15, 0.2) is 24.3 Å². The van der Waals surface area contributed by atoms with E-state index in [2.05, 4.69) is 55.4 Å². The van der Waals surface area contributed by atoms with Crippen molar-refractivity contribution in [2.75, 3.05) is 18.9 Å². The summed E-state index contributed by atoms with van der Waals surface area (Å²) >= 11 is 5.43. The molecule has 0 heterocycles. The van der Waals surface area contributed by atoms with Crippen LogP contribution in [-0.2, 0) is 6.42 Å². The molecule has 0 aliphatic carbocycles. The largest absolute Gasteiger partial charge is 0.352 e. The number of nitrogens with zero attached hydrogens (tertiary/aromatic N) is 1. The number of benzene rings is 1. The van der Waals surface area contributed by atoms with Gasteiger partial charge in [0.2, 0.25) is 0 Å². The molecule has 1 N–H and O–H groups in total. The van der Waals surface area contributed by atoms with Crippen molar-refractivity contribution in [2.45, 2.75) is 52.4 Å². The fourth-order valence-corrected chi connectivity index (χ4v) is 2.26. The lowest BCUT2D eigenvalue weighted by Gasteiger charge is -2.21. The fraction of sp³-hybridized carbons (Fsp3) is 0.588. The predicted octanol–water partition coefficient (Wildman–Crippen LogP) is 4.85. The fourth-order valence-electron chi connectivity index (χ4n) is 2.06. The Balaban J connectivity index is 2.41. The van der Waals surface area contributed by atoms with Gasteiger partial charge >= 0.3 is 0 Å². The molecule has 2 nitrogen and oxygen atoms in total. The summed E-state index contributed by atoms with van der Waals surface area (Å²) in [6, 6.07) is 8.63. The van der Waals surface area contributed by atoms with Gasteiger partial charge in [0.05, 0.1) is 0 Å². The lowest BCUT2D eigenvalue weighted by molar-refractivity contribution is 0.482. The normalized spacial score (nSPS) is 10.3. The summed E-state index contributed by atoms with van der Waals surface area (Å²) in [6.45, 7) is 5.47. The summed E-state index contributed by atoms with van der Waals surface area (Å²) in [7, 11) is 2.06. The van der Waals surface area contributed by atoms with E-state index >= 15 is 0 Å². The first-order chi connectivity index (χ1) is 9.67. The summed E-state index contributed by atoms with van der Waals surface area (Å²) in [6.07, 6.45) is 7.37. The van der Waals surface area contributed by atoms with Crippen molar-refractivity contribution in [3.63, 3.8) is 0 Å². The van der Waals surface area contributed by atoms with Gasteiger partial charge in [0.15, 0.2) is 5.11 Å². The topological polar surface area (TPSA) is 15.3 Å². The zero-order chi connectivity index (χ0) is 14.8. The standard InChI is InChI=1S/C17H28N2S/c1-4-6-8-14-19(3)17(20)18-16-12-10-15(11-13-16)9-7-5-2/h10-13H,4-9,14H2,1-3H3,(H,18,20). The van der Waals surface area contributed by atoms with Crippen molar-refractivity contribution >= 4 is 23.0 Å². The van der Waals surface area contributed by atoms with E-state index in [0.717, 1.165) is 23.8 Å². The van der Waals surface area contributed by atoms with Gasteiger partial charge in [0.1, 0.15) is 0 Å². The van der Waals surface area contributed by atoms with E-state index in [1.807, 2.05) is 0 Å². The highest BCUT2D eigenvalue weighted by atomic mass is 32.1. The molecule has 1 rings (SSSR count). The summed E-state index contributed by atoms with van der Waals surface area (Å²) in [5.74, 6) is 0. The highest BCUT2D eigenvalue weighted by molar-refractivity contribution is 7.80.